The highest BCUT2D eigenvalue weighted by Gasteiger charge is 2.29. The van der Waals surface area contributed by atoms with Crippen LogP contribution in [0.15, 0.2) is 24.4 Å². The van der Waals surface area contributed by atoms with Crippen LogP contribution < -0.4 is 19.7 Å². The third kappa shape index (κ3) is 5.35. The van der Waals surface area contributed by atoms with Crippen molar-refractivity contribution in [1.82, 2.24) is 20.1 Å². The van der Waals surface area contributed by atoms with Crippen molar-refractivity contribution in [2.45, 2.75) is 39.8 Å². The first-order chi connectivity index (χ1) is 16.9. The number of nitrogens with one attached hydrogen (secondary N) is 1. The summed E-state index contributed by atoms with van der Waals surface area (Å²) in [5.74, 6) is 1.91. The minimum Gasteiger partial charge on any atom is -0.493 e. The number of piperidine rings is 1. The van der Waals surface area contributed by atoms with E-state index in [0.29, 0.717) is 37.7 Å². The molecule has 1 saturated heterocycles. The molecule has 2 aromatic heterocycles. The molecule has 0 spiro atoms. The van der Waals surface area contributed by atoms with Crippen LogP contribution in [0.1, 0.15) is 36.6 Å². The monoisotopic (exact) mass is 481 g/mol. The lowest BCUT2D eigenvalue weighted by Gasteiger charge is -2.34. The van der Waals surface area contributed by atoms with E-state index in [9.17, 15) is 4.79 Å². The zero-order valence-electron chi connectivity index (χ0n) is 21.3. The maximum atomic E-state index is 12.5. The molecule has 188 valence electrons. The molecule has 0 saturated carbocycles. The van der Waals surface area contributed by atoms with Crippen molar-refractivity contribution in [3.63, 3.8) is 0 Å². The van der Waals surface area contributed by atoms with Gasteiger partial charge in [-0.1, -0.05) is 0 Å². The number of carbonyl (C=O) groups excluding carboxylic acids is 1. The fourth-order valence-electron chi connectivity index (χ4n) is 4.61. The van der Waals surface area contributed by atoms with Crippen LogP contribution in [0.2, 0.25) is 0 Å². The molecule has 3 heterocycles. The summed E-state index contributed by atoms with van der Waals surface area (Å²) in [6, 6.07) is 6.01. The second-order valence-electron chi connectivity index (χ2n) is 8.89. The molecule has 0 aliphatic carbocycles. The number of benzene rings is 1. The standard InChI is InChI=1S/C26H35N5O4/c1-6-35-26(32)18-8-7-9-31(16-18)25-20(13-27-14-21-15-28-30(3)17(21)2)10-19-11-23(33-4)24(34-5)12-22(19)29-25/h10-12,15,18,27H,6-9,13-14,16H2,1-5H3. The van der Waals surface area contributed by atoms with E-state index in [2.05, 4.69) is 28.3 Å². The second-order valence-corrected chi connectivity index (χ2v) is 8.89. The Morgan fingerprint density at radius 2 is 1.89 bits per heavy atom. The highest BCUT2D eigenvalue weighted by atomic mass is 16.5. The van der Waals surface area contributed by atoms with E-state index in [1.165, 1.54) is 0 Å². The smallest absolute Gasteiger partial charge is 0.310 e. The molecule has 3 aromatic rings. The summed E-state index contributed by atoms with van der Waals surface area (Å²) in [4.78, 5) is 19.7. The summed E-state index contributed by atoms with van der Waals surface area (Å²) < 4.78 is 18.2. The number of hydrogen-bond donors (Lipinski definition) is 1. The van der Waals surface area contributed by atoms with E-state index >= 15 is 0 Å². The number of nitrogens with zero attached hydrogens (tertiary/aromatic N) is 4. The molecule has 1 aromatic carbocycles. The number of aromatic nitrogens is 3. The first-order valence-corrected chi connectivity index (χ1v) is 12.1. The zero-order chi connectivity index (χ0) is 24.9. The van der Waals surface area contributed by atoms with Gasteiger partial charge in [0, 0.05) is 61.5 Å². The number of rotatable bonds is 9. The van der Waals surface area contributed by atoms with Gasteiger partial charge in [0.1, 0.15) is 5.82 Å². The second kappa shape index (κ2) is 10.9. The van der Waals surface area contributed by atoms with Crippen LogP contribution in [0.5, 0.6) is 11.5 Å². The molecule has 9 heteroatoms. The quantitative estimate of drug-likeness (QED) is 0.465. The van der Waals surface area contributed by atoms with Crippen molar-refractivity contribution in [1.29, 1.82) is 0 Å². The summed E-state index contributed by atoms with van der Waals surface area (Å²) in [7, 11) is 5.20. The highest BCUT2D eigenvalue weighted by Crippen LogP contribution is 2.35. The van der Waals surface area contributed by atoms with Crippen LogP contribution in [0.3, 0.4) is 0 Å². The maximum absolute atomic E-state index is 12.5. The minimum absolute atomic E-state index is 0.129. The lowest BCUT2D eigenvalue weighted by atomic mass is 9.97. The number of pyridine rings is 1. The van der Waals surface area contributed by atoms with Gasteiger partial charge in [-0.3, -0.25) is 9.48 Å². The lowest BCUT2D eigenvalue weighted by Crippen LogP contribution is -2.40. The molecule has 1 unspecified atom stereocenters. The number of carbonyl (C=O) groups is 1. The van der Waals surface area contributed by atoms with Gasteiger partial charge in [0.2, 0.25) is 0 Å². The number of fused-ring (bicyclic) bond motifs is 1. The van der Waals surface area contributed by atoms with E-state index in [-0.39, 0.29) is 11.9 Å². The Kier molecular flexibility index (Phi) is 7.75. The number of ether oxygens (including phenoxy) is 3. The Morgan fingerprint density at radius 1 is 1.14 bits per heavy atom. The molecular formula is C26H35N5O4. The zero-order valence-corrected chi connectivity index (χ0v) is 21.3. The Bertz CT molecular complexity index is 1190. The molecule has 1 N–H and O–H groups in total. The van der Waals surface area contributed by atoms with E-state index in [0.717, 1.165) is 52.9 Å². The van der Waals surface area contributed by atoms with Crippen LogP contribution in [0.4, 0.5) is 5.82 Å². The molecule has 1 fully saturated rings. The Morgan fingerprint density at radius 3 is 2.57 bits per heavy atom. The predicted molar refractivity (Wildman–Crippen MR) is 135 cm³/mol. The molecular weight excluding hydrogens is 446 g/mol. The van der Waals surface area contributed by atoms with Gasteiger partial charge >= 0.3 is 5.97 Å². The van der Waals surface area contributed by atoms with Crippen LogP contribution >= 0.6 is 0 Å². The van der Waals surface area contributed by atoms with E-state index in [4.69, 9.17) is 19.2 Å². The van der Waals surface area contributed by atoms with Crippen LogP contribution in [0, 0.1) is 12.8 Å². The normalized spacial score (nSPS) is 15.9. The van der Waals surface area contributed by atoms with Crippen LogP contribution in [-0.4, -0.2) is 54.6 Å². The summed E-state index contributed by atoms with van der Waals surface area (Å²) in [6.07, 6.45) is 3.65. The summed E-state index contributed by atoms with van der Waals surface area (Å²) >= 11 is 0. The predicted octanol–water partition coefficient (Wildman–Crippen LogP) is 3.36. The molecule has 0 amide bonds. The van der Waals surface area contributed by atoms with Gasteiger partial charge in [0.25, 0.3) is 0 Å². The van der Waals surface area contributed by atoms with Crippen molar-refractivity contribution in [3.8, 4) is 11.5 Å². The first-order valence-electron chi connectivity index (χ1n) is 12.1. The largest absolute Gasteiger partial charge is 0.493 e. The van der Waals surface area contributed by atoms with Gasteiger partial charge in [-0.25, -0.2) is 4.98 Å². The highest BCUT2D eigenvalue weighted by molar-refractivity contribution is 5.85. The topological polar surface area (TPSA) is 90.7 Å². The first kappa shape index (κ1) is 24.8. The van der Waals surface area contributed by atoms with E-state index in [1.807, 2.05) is 37.0 Å². The van der Waals surface area contributed by atoms with Gasteiger partial charge in [0.05, 0.1) is 38.5 Å². The van der Waals surface area contributed by atoms with Crippen molar-refractivity contribution >= 4 is 22.7 Å². The van der Waals surface area contributed by atoms with Gasteiger partial charge in [-0.05, 0) is 38.8 Å². The van der Waals surface area contributed by atoms with E-state index < -0.39 is 0 Å². The number of aryl methyl sites for hydroxylation is 1. The number of anilines is 1. The van der Waals surface area contributed by atoms with Gasteiger partial charge in [-0.2, -0.15) is 5.10 Å². The van der Waals surface area contributed by atoms with Crippen molar-refractivity contribution in [2.75, 3.05) is 38.8 Å². The summed E-state index contributed by atoms with van der Waals surface area (Å²) in [6.45, 7) is 7.08. The average Bonchev–Trinajstić information content (AvgIpc) is 3.20. The fourth-order valence-corrected chi connectivity index (χ4v) is 4.61. The molecule has 1 atom stereocenters. The fraction of sp³-hybridized carbons (Fsp3) is 0.500. The molecule has 4 rings (SSSR count). The van der Waals surface area contributed by atoms with Crippen molar-refractivity contribution < 1.29 is 19.0 Å². The summed E-state index contributed by atoms with van der Waals surface area (Å²) in [5, 5.41) is 8.86. The van der Waals surface area contributed by atoms with E-state index in [1.54, 1.807) is 14.2 Å². The van der Waals surface area contributed by atoms with Crippen molar-refractivity contribution in [3.05, 3.63) is 41.2 Å². The number of hydrogen-bond acceptors (Lipinski definition) is 8. The Balaban J connectivity index is 1.66. The lowest BCUT2D eigenvalue weighted by molar-refractivity contribution is -0.148. The number of esters is 1. The van der Waals surface area contributed by atoms with Crippen LogP contribution in [-0.2, 0) is 29.7 Å². The molecule has 9 nitrogen and oxygen atoms in total. The van der Waals surface area contributed by atoms with Crippen molar-refractivity contribution in [2.24, 2.45) is 13.0 Å². The molecule has 1 aliphatic heterocycles. The summed E-state index contributed by atoms with van der Waals surface area (Å²) in [5.41, 5.74) is 4.19. The maximum Gasteiger partial charge on any atom is 0.310 e. The molecule has 0 bridgehead atoms. The molecule has 0 radical (unpaired) electrons. The minimum atomic E-state index is -0.148. The Labute approximate surface area is 206 Å². The van der Waals surface area contributed by atoms with Crippen LogP contribution in [0.25, 0.3) is 10.9 Å². The SMILES string of the molecule is CCOC(=O)C1CCCN(c2nc3cc(OC)c(OC)cc3cc2CNCc2cnn(C)c2C)C1. The van der Waals surface area contributed by atoms with Gasteiger partial charge < -0.3 is 24.4 Å². The van der Waals surface area contributed by atoms with Gasteiger partial charge in [-0.15, -0.1) is 0 Å². The third-order valence-corrected chi connectivity index (χ3v) is 6.68. The number of methoxy groups -OCH3 is 2. The van der Waals surface area contributed by atoms with Gasteiger partial charge in [0.15, 0.2) is 11.5 Å². The molecule has 1 aliphatic rings. The molecule has 35 heavy (non-hydrogen) atoms. The Hall–Kier alpha value is -3.33. The third-order valence-electron chi connectivity index (χ3n) is 6.68. The average molecular weight is 482 g/mol.